The van der Waals surface area contributed by atoms with Gasteiger partial charge in [0.1, 0.15) is 5.75 Å². The summed E-state index contributed by atoms with van der Waals surface area (Å²) >= 11 is 0. The molecule has 1 N–H and O–H groups in total. The van der Waals surface area contributed by atoms with E-state index < -0.39 is 0 Å². The van der Waals surface area contributed by atoms with Crippen LogP contribution in [0.2, 0.25) is 0 Å². The number of rotatable bonds is 2. The third-order valence-electron chi connectivity index (χ3n) is 1.83. The topological polar surface area (TPSA) is 33.1 Å². The van der Waals surface area contributed by atoms with Crippen LogP contribution in [-0.2, 0) is 12.8 Å². The maximum atomic E-state index is 9.55. The predicted octanol–water partition coefficient (Wildman–Crippen LogP) is 1.91. The average molecular weight is 151 g/mol. The van der Waals surface area contributed by atoms with Crippen molar-refractivity contribution in [3.05, 3.63) is 23.5 Å². The molecule has 0 radical (unpaired) electrons. The smallest absolute Gasteiger partial charge is 0.125 e. The molecule has 1 heterocycles. The van der Waals surface area contributed by atoms with E-state index in [0.29, 0.717) is 5.75 Å². The Morgan fingerprint density at radius 2 is 1.64 bits per heavy atom. The molecule has 1 aromatic heterocycles. The molecule has 2 nitrogen and oxygen atoms in total. The van der Waals surface area contributed by atoms with Crippen LogP contribution in [-0.4, -0.2) is 10.1 Å². The molecule has 0 aliphatic heterocycles. The highest BCUT2D eigenvalue weighted by molar-refractivity contribution is 5.37. The molecule has 0 amide bonds. The van der Waals surface area contributed by atoms with Gasteiger partial charge in [-0.3, -0.25) is 4.98 Å². The monoisotopic (exact) mass is 151 g/mol. The lowest BCUT2D eigenvalue weighted by molar-refractivity contribution is 0.461. The van der Waals surface area contributed by atoms with Crippen molar-refractivity contribution in [3.63, 3.8) is 0 Å². The summed E-state index contributed by atoms with van der Waals surface area (Å²) in [5.41, 5.74) is 1.87. The van der Waals surface area contributed by atoms with Crippen LogP contribution in [0, 0.1) is 0 Å². The van der Waals surface area contributed by atoms with Gasteiger partial charge in [0.25, 0.3) is 0 Å². The Bertz CT molecular complexity index is 223. The van der Waals surface area contributed by atoms with Crippen molar-refractivity contribution in [1.29, 1.82) is 0 Å². The molecular formula is C9H13NO. The standard InChI is InChI=1S/C9H13NO/c1-3-7-5-10-6-8(4-2)9(7)11/h5-6H,3-4H2,1-2H3,(H,10,11). The van der Waals surface area contributed by atoms with Gasteiger partial charge in [0.2, 0.25) is 0 Å². The Labute approximate surface area is 66.9 Å². The second kappa shape index (κ2) is 3.37. The summed E-state index contributed by atoms with van der Waals surface area (Å²) in [7, 11) is 0. The molecule has 0 fully saturated rings. The highest BCUT2D eigenvalue weighted by atomic mass is 16.3. The van der Waals surface area contributed by atoms with Crippen molar-refractivity contribution in [3.8, 4) is 5.75 Å². The largest absolute Gasteiger partial charge is 0.507 e. The van der Waals surface area contributed by atoms with Crippen molar-refractivity contribution in [2.75, 3.05) is 0 Å². The average Bonchev–Trinajstić information content (AvgIpc) is 2.05. The third kappa shape index (κ3) is 1.50. The lowest BCUT2D eigenvalue weighted by atomic mass is 10.1. The zero-order chi connectivity index (χ0) is 8.27. The fraction of sp³-hybridized carbons (Fsp3) is 0.444. The number of hydrogen-bond acceptors (Lipinski definition) is 2. The molecule has 1 rings (SSSR count). The van der Waals surface area contributed by atoms with Crippen LogP contribution in [0.5, 0.6) is 5.75 Å². The first kappa shape index (κ1) is 8.05. The first-order valence-corrected chi connectivity index (χ1v) is 3.94. The second-order valence-corrected chi connectivity index (χ2v) is 2.51. The van der Waals surface area contributed by atoms with Crippen LogP contribution in [0.1, 0.15) is 25.0 Å². The summed E-state index contributed by atoms with van der Waals surface area (Å²) in [5, 5.41) is 9.55. The van der Waals surface area contributed by atoms with Crippen molar-refractivity contribution in [2.45, 2.75) is 26.7 Å². The molecule has 0 saturated heterocycles. The van der Waals surface area contributed by atoms with Gasteiger partial charge in [0.15, 0.2) is 0 Å². The maximum absolute atomic E-state index is 9.55. The quantitative estimate of drug-likeness (QED) is 0.700. The van der Waals surface area contributed by atoms with Crippen molar-refractivity contribution >= 4 is 0 Å². The molecule has 11 heavy (non-hydrogen) atoms. The first-order chi connectivity index (χ1) is 5.29. The lowest BCUT2D eigenvalue weighted by Gasteiger charge is -2.04. The molecule has 0 unspecified atom stereocenters. The Kier molecular flexibility index (Phi) is 2.47. The number of aromatic nitrogens is 1. The first-order valence-electron chi connectivity index (χ1n) is 3.94. The predicted molar refractivity (Wildman–Crippen MR) is 44.7 cm³/mol. The molecule has 0 aromatic carbocycles. The van der Waals surface area contributed by atoms with Crippen LogP contribution >= 0.6 is 0 Å². The van der Waals surface area contributed by atoms with Gasteiger partial charge < -0.3 is 5.11 Å². The van der Waals surface area contributed by atoms with Crippen LogP contribution in [0.15, 0.2) is 12.4 Å². The molecule has 0 spiro atoms. The van der Waals surface area contributed by atoms with E-state index in [9.17, 15) is 5.11 Å². The number of hydrogen-bond donors (Lipinski definition) is 1. The third-order valence-corrected chi connectivity index (χ3v) is 1.83. The highest BCUT2D eigenvalue weighted by Gasteiger charge is 2.02. The summed E-state index contributed by atoms with van der Waals surface area (Å²) in [4.78, 5) is 4.03. The van der Waals surface area contributed by atoms with Crippen LogP contribution in [0.3, 0.4) is 0 Å². The van der Waals surface area contributed by atoms with Gasteiger partial charge >= 0.3 is 0 Å². The molecule has 0 aliphatic rings. The van der Waals surface area contributed by atoms with E-state index >= 15 is 0 Å². The Hall–Kier alpha value is -1.05. The van der Waals surface area contributed by atoms with Gasteiger partial charge in [-0.25, -0.2) is 0 Å². The Balaban J connectivity index is 3.10. The van der Waals surface area contributed by atoms with E-state index in [1.165, 1.54) is 0 Å². The highest BCUT2D eigenvalue weighted by Crippen LogP contribution is 2.21. The fourth-order valence-electron chi connectivity index (χ4n) is 1.06. The molecule has 0 atom stereocenters. The molecule has 60 valence electrons. The molecule has 1 aromatic rings. The van der Waals surface area contributed by atoms with E-state index in [4.69, 9.17) is 0 Å². The number of nitrogens with zero attached hydrogens (tertiary/aromatic N) is 1. The SMILES string of the molecule is CCc1cncc(CC)c1O. The van der Waals surface area contributed by atoms with Crippen LogP contribution in [0.25, 0.3) is 0 Å². The molecule has 2 heteroatoms. The van der Waals surface area contributed by atoms with Gasteiger partial charge in [-0.1, -0.05) is 13.8 Å². The fourth-order valence-corrected chi connectivity index (χ4v) is 1.06. The van der Waals surface area contributed by atoms with Gasteiger partial charge in [-0.05, 0) is 12.8 Å². The Morgan fingerprint density at radius 1 is 1.18 bits per heavy atom. The van der Waals surface area contributed by atoms with Crippen LogP contribution in [0.4, 0.5) is 0 Å². The molecule has 0 saturated carbocycles. The molecule has 0 aliphatic carbocycles. The van der Waals surface area contributed by atoms with E-state index in [0.717, 1.165) is 24.0 Å². The van der Waals surface area contributed by atoms with Gasteiger partial charge in [0.05, 0.1) is 0 Å². The number of pyridine rings is 1. The van der Waals surface area contributed by atoms with E-state index in [1.807, 2.05) is 13.8 Å². The number of aromatic hydroxyl groups is 1. The van der Waals surface area contributed by atoms with Gasteiger partial charge in [-0.2, -0.15) is 0 Å². The lowest BCUT2D eigenvalue weighted by Crippen LogP contribution is -1.89. The number of aryl methyl sites for hydroxylation is 2. The van der Waals surface area contributed by atoms with Crippen molar-refractivity contribution in [1.82, 2.24) is 4.98 Å². The summed E-state index contributed by atoms with van der Waals surface area (Å²) in [6, 6.07) is 0. The summed E-state index contributed by atoms with van der Waals surface area (Å²) in [6.07, 6.45) is 5.11. The van der Waals surface area contributed by atoms with Crippen molar-refractivity contribution in [2.24, 2.45) is 0 Å². The minimum absolute atomic E-state index is 0.421. The Morgan fingerprint density at radius 3 is 2.00 bits per heavy atom. The summed E-state index contributed by atoms with van der Waals surface area (Å²) in [6.45, 7) is 4.02. The zero-order valence-corrected chi connectivity index (χ0v) is 6.96. The van der Waals surface area contributed by atoms with Crippen molar-refractivity contribution < 1.29 is 5.11 Å². The molecular weight excluding hydrogens is 138 g/mol. The summed E-state index contributed by atoms with van der Waals surface area (Å²) in [5.74, 6) is 0.421. The minimum Gasteiger partial charge on any atom is -0.507 e. The van der Waals surface area contributed by atoms with Gasteiger partial charge in [0, 0.05) is 23.5 Å². The maximum Gasteiger partial charge on any atom is 0.125 e. The van der Waals surface area contributed by atoms with Crippen LogP contribution < -0.4 is 0 Å². The van der Waals surface area contributed by atoms with E-state index in [2.05, 4.69) is 4.98 Å². The molecule has 0 bridgehead atoms. The van der Waals surface area contributed by atoms with E-state index in [-0.39, 0.29) is 0 Å². The van der Waals surface area contributed by atoms with Gasteiger partial charge in [-0.15, -0.1) is 0 Å². The minimum atomic E-state index is 0.421. The van der Waals surface area contributed by atoms with E-state index in [1.54, 1.807) is 12.4 Å². The normalized spacial score (nSPS) is 10.0. The second-order valence-electron chi connectivity index (χ2n) is 2.51. The zero-order valence-electron chi connectivity index (χ0n) is 6.96. The summed E-state index contributed by atoms with van der Waals surface area (Å²) < 4.78 is 0.